The number of ether oxygens (including phenoxy) is 2. The summed E-state index contributed by atoms with van der Waals surface area (Å²) in [6.45, 7) is 4.03. The molecule has 1 aliphatic rings. The van der Waals surface area contributed by atoms with Gasteiger partial charge in [0.1, 0.15) is 12.4 Å². The molecule has 1 amide bonds. The Kier molecular flexibility index (Phi) is 6.25. The number of hydrogen-bond donors (Lipinski definition) is 1. The molecule has 26 heavy (non-hydrogen) atoms. The molecule has 140 valence electrons. The van der Waals surface area contributed by atoms with Gasteiger partial charge in [0.25, 0.3) is 0 Å². The fourth-order valence-electron chi connectivity index (χ4n) is 3.34. The van der Waals surface area contributed by atoms with Gasteiger partial charge in [-0.3, -0.25) is 14.4 Å². The first-order chi connectivity index (χ1) is 12.7. The highest BCUT2D eigenvalue weighted by Gasteiger charge is 2.23. The van der Waals surface area contributed by atoms with Crippen LogP contribution in [-0.2, 0) is 29.2 Å². The van der Waals surface area contributed by atoms with Crippen molar-refractivity contribution in [3.05, 3.63) is 47.8 Å². The summed E-state index contributed by atoms with van der Waals surface area (Å²) >= 11 is 0. The summed E-state index contributed by atoms with van der Waals surface area (Å²) in [5.74, 6) is 1.06. The molecule has 0 aliphatic carbocycles. The van der Waals surface area contributed by atoms with Gasteiger partial charge in [-0.2, -0.15) is 5.10 Å². The van der Waals surface area contributed by atoms with Gasteiger partial charge >= 0.3 is 0 Å². The Labute approximate surface area is 153 Å². The number of methoxy groups -OCH3 is 2. The number of benzene rings is 1. The monoisotopic (exact) mass is 358 g/mol. The third-order valence-electron chi connectivity index (χ3n) is 4.54. The van der Waals surface area contributed by atoms with Crippen LogP contribution in [0.15, 0.2) is 36.5 Å². The van der Waals surface area contributed by atoms with Crippen molar-refractivity contribution >= 4 is 5.91 Å². The van der Waals surface area contributed by atoms with Crippen molar-refractivity contribution in [2.24, 2.45) is 5.92 Å². The Balaban J connectivity index is 1.69. The van der Waals surface area contributed by atoms with Crippen LogP contribution in [0, 0.1) is 5.92 Å². The maximum atomic E-state index is 11.7. The molecule has 3 rings (SSSR count). The van der Waals surface area contributed by atoms with Crippen molar-refractivity contribution in [2.75, 3.05) is 33.9 Å². The number of hydrogen-bond acceptors (Lipinski definition) is 5. The van der Waals surface area contributed by atoms with Gasteiger partial charge in [-0.05, 0) is 23.8 Å². The van der Waals surface area contributed by atoms with E-state index in [0.717, 1.165) is 31.9 Å². The molecule has 1 aliphatic heterocycles. The van der Waals surface area contributed by atoms with Crippen LogP contribution in [0.5, 0.6) is 5.75 Å². The lowest BCUT2D eigenvalue weighted by molar-refractivity contribution is -0.124. The Morgan fingerprint density at radius 2 is 2.19 bits per heavy atom. The van der Waals surface area contributed by atoms with Crippen molar-refractivity contribution < 1.29 is 14.3 Å². The van der Waals surface area contributed by atoms with E-state index in [4.69, 9.17) is 9.47 Å². The first-order valence-corrected chi connectivity index (χ1v) is 8.79. The van der Waals surface area contributed by atoms with Crippen LogP contribution in [0.2, 0.25) is 0 Å². The van der Waals surface area contributed by atoms with E-state index in [2.05, 4.69) is 33.5 Å². The van der Waals surface area contributed by atoms with E-state index in [0.29, 0.717) is 6.54 Å². The summed E-state index contributed by atoms with van der Waals surface area (Å²) in [4.78, 5) is 14.1. The summed E-state index contributed by atoms with van der Waals surface area (Å²) in [6.07, 6.45) is 1.84. The second-order valence-electron chi connectivity index (χ2n) is 6.63. The molecule has 0 saturated carbocycles. The lowest BCUT2D eigenvalue weighted by Gasteiger charge is -2.24. The number of nitrogens with zero attached hydrogens (tertiary/aromatic N) is 3. The van der Waals surface area contributed by atoms with Gasteiger partial charge in [0.05, 0.1) is 12.8 Å². The number of carbonyl (C=O) groups is 1. The lowest BCUT2D eigenvalue weighted by Crippen LogP contribution is -2.37. The minimum Gasteiger partial charge on any atom is -0.497 e. The molecule has 2 heterocycles. The minimum atomic E-state index is -0.0863. The molecule has 1 aromatic carbocycles. The smallest absolute Gasteiger partial charge is 0.245 e. The molecule has 7 heteroatoms. The van der Waals surface area contributed by atoms with E-state index in [-0.39, 0.29) is 18.4 Å². The second-order valence-corrected chi connectivity index (χ2v) is 6.63. The number of fused-ring (bicyclic) bond motifs is 1. The Bertz CT molecular complexity index is 731. The van der Waals surface area contributed by atoms with E-state index in [9.17, 15) is 4.79 Å². The summed E-state index contributed by atoms with van der Waals surface area (Å²) in [5.41, 5.74) is 2.40. The zero-order chi connectivity index (χ0) is 18.4. The number of carbonyl (C=O) groups excluding carboxylic acids is 1. The molecule has 1 aromatic heterocycles. The molecule has 0 radical (unpaired) electrons. The Morgan fingerprint density at radius 1 is 1.31 bits per heavy atom. The number of nitrogens with one attached hydrogen (secondary N) is 1. The predicted molar refractivity (Wildman–Crippen MR) is 97.7 cm³/mol. The molecule has 2 aromatic rings. The molecule has 0 bridgehead atoms. The van der Waals surface area contributed by atoms with Crippen molar-refractivity contribution in [2.45, 2.75) is 19.6 Å². The van der Waals surface area contributed by atoms with Gasteiger partial charge in [0, 0.05) is 51.9 Å². The SMILES string of the molecule is COCC(=O)NC[C@H]1CN(Cc2cccc(OC)c2)Cc2ccnn2C1. The topological polar surface area (TPSA) is 68.6 Å². The van der Waals surface area contributed by atoms with Crippen molar-refractivity contribution in [1.82, 2.24) is 20.0 Å². The molecule has 0 fully saturated rings. The van der Waals surface area contributed by atoms with Gasteiger partial charge in [-0.15, -0.1) is 0 Å². The predicted octanol–water partition coefficient (Wildman–Crippen LogP) is 1.29. The fraction of sp³-hybridized carbons (Fsp3) is 0.474. The highest BCUT2D eigenvalue weighted by atomic mass is 16.5. The zero-order valence-electron chi connectivity index (χ0n) is 15.4. The Hall–Kier alpha value is -2.38. The van der Waals surface area contributed by atoms with Crippen LogP contribution < -0.4 is 10.1 Å². The fourth-order valence-corrected chi connectivity index (χ4v) is 3.34. The number of amides is 1. The van der Waals surface area contributed by atoms with E-state index in [1.807, 2.05) is 23.0 Å². The standard InChI is InChI=1S/C19H26N4O3/c1-25-14-19(24)20-9-16-11-22(13-17-6-7-21-23(17)12-16)10-15-4-3-5-18(8-15)26-2/h3-8,16H,9-14H2,1-2H3,(H,20,24)/t16-/m0/s1. The van der Waals surface area contributed by atoms with E-state index >= 15 is 0 Å². The van der Waals surface area contributed by atoms with Crippen molar-refractivity contribution in [1.29, 1.82) is 0 Å². The van der Waals surface area contributed by atoms with Crippen LogP contribution in [0.3, 0.4) is 0 Å². The lowest BCUT2D eigenvalue weighted by atomic mass is 10.1. The molecule has 7 nitrogen and oxygen atoms in total. The normalized spacial score (nSPS) is 17.4. The van der Waals surface area contributed by atoms with E-state index in [1.165, 1.54) is 18.4 Å². The molecule has 0 saturated heterocycles. The maximum absolute atomic E-state index is 11.7. The highest BCUT2D eigenvalue weighted by Crippen LogP contribution is 2.20. The van der Waals surface area contributed by atoms with E-state index < -0.39 is 0 Å². The second kappa shape index (κ2) is 8.82. The molecular weight excluding hydrogens is 332 g/mol. The largest absolute Gasteiger partial charge is 0.497 e. The first-order valence-electron chi connectivity index (χ1n) is 8.79. The van der Waals surface area contributed by atoms with Crippen LogP contribution in [0.1, 0.15) is 11.3 Å². The van der Waals surface area contributed by atoms with Crippen LogP contribution in [-0.4, -0.2) is 54.5 Å². The van der Waals surface area contributed by atoms with E-state index in [1.54, 1.807) is 7.11 Å². The third-order valence-corrected chi connectivity index (χ3v) is 4.54. The van der Waals surface area contributed by atoms with Gasteiger partial charge in [-0.1, -0.05) is 12.1 Å². The van der Waals surface area contributed by atoms with Gasteiger partial charge in [0.15, 0.2) is 0 Å². The van der Waals surface area contributed by atoms with Crippen LogP contribution in [0.25, 0.3) is 0 Å². The zero-order valence-corrected chi connectivity index (χ0v) is 15.4. The average Bonchev–Trinajstić information content (AvgIpc) is 2.99. The molecular formula is C19H26N4O3. The number of aromatic nitrogens is 2. The summed E-state index contributed by atoms with van der Waals surface area (Å²) < 4.78 is 12.3. The summed E-state index contributed by atoms with van der Waals surface area (Å²) in [6, 6.07) is 10.2. The third kappa shape index (κ3) is 4.83. The average molecular weight is 358 g/mol. The number of rotatable bonds is 7. The minimum absolute atomic E-state index is 0.0863. The van der Waals surface area contributed by atoms with Gasteiger partial charge in [0.2, 0.25) is 5.91 Å². The molecule has 1 atom stereocenters. The maximum Gasteiger partial charge on any atom is 0.245 e. The summed E-state index contributed by atoms with van der Waals surface area (Å²) in [5, 5.41) is 7.39. The molecule has 1 N–H and O–H groups in total. The highest BCUT2D eigenvalue weighted by molar-refractivity contribution is 5.77. The quantitative estimate of drug-likeness (QED) is 0.808. The summed E-state index contributed by atoms with van der Waals surface area (Å²) in [7, 11) is 3.21. The van der Waals surface area contributed by atoms with Gasteiger partial charge < -0.3 is 14.8 Å². The Morgan fingerprint density at radius 3 is 3.00 bits per heavy atom. The van der Waals surface area contributed by atoms with Crippen LogP contribution in [0.4, 0.5) is 0 Å². The molecule has 0 spiro atoms. The molecule has 0 unspecified atom stereocenters. The van der Waals surface area contributed by atoms with Gasteiger partial charge in [-0.25, -0.2) is 0 Å². The van der Waals surface area contributed by atoms with Crippen molar-refractivity contribution in [3.8, 4) is 5.75 Å². The van der Waals surface area contributed by atoms with Crippen LogP contribution >= 0.6 is 0 Å². The van der Waals surface area contributed by atoms with Crippen molar-refractivity contribution in [3.63, 3.8) is 0 Å². The first kappa shape index (κ1) is 18.4.